The molecule has 1 atom stereocenters. The third kappa shape index (κ3) is 5.63. The molecule has 1 N–H and O–H groups in total. The monoisotopic (exact) mass is 671 g/mol. The third-order valence-corrected chi connectivity index (χ3v) is 10.4. The van der Waals surface area contributed by atoms with Gasteiger partial charge in [-0.05, 0) is 20.8 Å². The van der Waals surface area contributed by atoms with Crippen LogP contribution in [0.4, 0.5) is 70.2 Å². The summed E-state index contributed by atoms with van der Waals surface area (Å²) in [6.45, 7) is 1.21. The molecule has 0 aliphatic heterocycles. The second-order valence-corrected chi connectivity index (χ2v) is 11.9. The Balaban J connectivity index is 7.23. The van der Waals surface area contributed by atoms with Gasteiger partial charge in [0.15, 0.2) is 0 Å². The van der Waals surface area contributed by atoms with Crippen LogP contribution in [0.3, 0.4) is 0 Å². The van der Waals surface area contributed by atoms with Gasteiger partial charge >= 0.3 is 50.7 Å². The fourth-order valence-corrected chi connectivity index (χ4v) is 7.72. The lowest BCUT2D eigenvalue weighted by molar-refractivity contribution is -0.455. The minimum absolute atomic E-state index is 0.0722. The van der Waals surface area contributed by atoms with Crippen molar-refractivity contribution in [1.29, 1.82) is 0 Å². The molecule has 0 saturated heterocycles. The van der Waals surface area contributed by atoms with Crippen LogP contribution in [0.2, 0.25) is 0 Å². The zero-order valence-corrected chi connectivity index (χ0v) is 22.1. The van der Waals surface area contributed by atoms with Crippen LogP contribution in [-0.2, 0) is 23.3 Å². The van der Waals surface area contributed by atoms with Crippen molar-refractivity contribution in [3.05, 3.63) is 0 Å². The molecule has 6 nitrogen and oxygen atoms in total. The Morgan fingerprint density at radius 2 is 0.800 bits per heavy atom. The lowest BCUT2D eigenvalue weighted by Crippen LogP contribution is -2.76. The van der Waals surface area contributed by atoms with Gasteiger partial charge in [0, 0.05) is 26.2 Å². The van der Waals surface area contributed by atoms with Crippen molar-refractivity contribution in [2.75, 3.05) is 19.8 Å². The van der Waals surface area contributed by atoms with Crippen LogP contribution in [0.25, 0.3) is 0 Å². The van der Waals surface area contributed by atoms with Crippen LogP contribution in [-0.4, -0.2) is 83.9 Å². The summed E-state index contributed by atoms with van der Waals surface area (Å²) < 4.78 is 259. The maximum absolute atomic E-state index is 15.3. The first-order chi connectivity index (χ1) is 17.4. The zero-order chi connectivity index (χ0) is 32.7. The van der Waals surface area contributed by atoms with Gasteiger partial charge < -0.3 is 13.3 Å². The van der Waals surface area contributed by atoms with Gasteiger partial charge in [-0.15, -0.1) is 0 Å². The molecule has 1 unspecified atom stereocenters. The number of alkyl halides is 16. The Kier molecular flexibility index (Phi) is 11.2. The van der Waals surface area contributed by atoms with E-state index in [4.69, 9.17) is 13.3 Å². The van der Waals surface area contributed by atoms with E-state index in [2.05, 4.69) is 0 Å². The SMILES string of the molecule is CCO[Si](NS(=O)(=O)C(F)(CC)C(F)(F)C(F)(F)C(F)(F)C(F)(F)C(F)(F)C(F)(F)C(F)(F)F)(OCC)OCC. The maximum atomic E-state index is 15.3. The van der Waals surface area contributed by atoms with Gasteiger partial charge in [0.1, 0.15) is 0 Å². The zero-order valence-electron chi connectivity index (χ0n) is 20.3. The number of sulfonamides is 1. The van der Waals surface area contributed by atoms with Crippen molar-refractivity contribution >= 4 is 19.0 Å². The van der Waals surface area contributed by atoms with Gasteiger partial charge in [-0.25, -0.2) is 12.8 Å². The van der Waals surface area contributed by atoms with E-state index in [0.717, 1.165) is 25.2 Å². The highest BCUT2D eigenvalue weighted by molar-refractivity contribution is 7.92. The molecule has 0 aromatic rings. The molecule has 40 heavy (non-hydrogen) atoms. The minimum Gasteiger partial charge on any atom is -0.361 e. The molecule has 0 bridgehead atoms. The highest BCUT2D eigenvalue weighted by Crippen LogP contribution is 2.64. The summed E-state index contributed by atoms with van der Waals surface area (Å²) in [5, 5.41) is -6.21. The summed E-state index contributed by atoms with van der Waals surface area (Å²) in [5.41, 5.74) is 0. The molecule has 0 amide bonds. The largest absolute Gasteiger partial charge is 0.610 e. The Morgan fingerprint density at radius 1 is 0.525 bits per heavy atom. The molecule has 0 aromatic heterocycles. The number of halogens is 16. The van der Waals surface area contributed by atoms with Gasteiger partial charge in [0.25, 0.3) is 15.0 Å². The highest BCUT2D eigenvalue weighted by atomic mass is 32.2. The first-order valence-corrected chi connectivity index (χ1v) is 13.6. The van der Waals surface area contributed by atoms with Gasteiger partial charge in [-0.1, -0.05) is 6.92 Å². The van der Waals surface area contributed by atoms with Crippen LogP contribution in [0.15, 0.2) is 0 Å². The normalized spacial score (nSPS) is 17.2. The molecule has 24 heteroatoms. The molecule has 0 rings (SSSR count). The second-order valence-electron chi connectivity index (χ2n) is 7.49. The molecular formula is C16H21F16NO5SSi. The Labute approximate surface area is 216 Å². The lowest BCUT2D eigenvalue weighted by atomic mass is 9.89. The van der Waals surface area contributed by atoms with Gasteiger partial charge in [0.2, 0.25) is 0 Å². The molecule has 0 aliphatic carbocycles. The van der Waals surface area contributed by atoms with Crippen LogP contribution in [0.1, 0.15) is 34.1 Å². The first-order valence-electron chi connectivity index (χ1n) is 10.4. The van der Waals surface area contributed by atoms with E-state index in [1.54, 1.807) is 0 Å². The molecule has 0 spiro atoms. The maximum Gasteiger partial charge on any atom is 0.610 e. The van der Waals surface area contributed by atoms with Crippen molar-refractivity contribution in [3.63, 3.8) is 0 Å². The van der Waals surface area contributed by atoms with Crippen LogP contribution < -0.4 is 4.39 Å². The topological polar surface area (TPSA) is 73.9 Å². The summed E-state index contributed by atoms with van der Waals surface area (Å²) in [7, 11) is -12.2. The number of hydrogen-bond donors (Lipinski definition) is 1. The average Bonchev–Trinajstić information content (AvgIpc) is 2.76. The number of hydrogen-bond acceptors (Lipinski definition) is 5. The smallest absolute Gasteiger partial charge is 0.361 e. The number of rotatable bonds is 16. The average molecular weight is 671 g/mol. The van der Waals surface area contributed by atoms with Crippen LogP contribution in [0.5, 0.6) is 0 Å². The van der Waals surface area contributed by atoms with Crippen molar-refractivity contribution in [3.8, 4) is 0 Å². The molecule has 0 aliphatic rings. The fraction of sp³-hybridized carbons (Fsp3) is 1.00. The summed E-state index contributed by atoms with van der Waals surface area (Å²) in [6.07, 6.45) is -10.4. The van der Waals surface area contributed by atoms with Crippen molar-refractivity contribution in [2.45, 2.75) is 80.8 Å². The van der Waals surface area contributed by atoms with E-state index in [-0.39, 0.29) is 6.92 Å². The third-order valence-electron chi connectivity index (χ3n) is 4.94. The summed E-state index contributed by atoms with van der Waals surface area (Å²) in [4.78, 5) is 0. The van der Waals surface area contributed by atoms with E-state index in [0.29, 0.717) is 0 Å². The first kappa shape index (κ1) is 38.9. The quantitative estimate of drug-likeness (QED) is 0.164. The summed E-state index contributed by atoms with van der Waals surface area (Å²) in [6, 6.07) is 0. The Bertz CT molecular complexity index is 960. The van der Waals surface area contributed by atoms with Gasteiger partial charge in [-0.3, -0.25) is 0 Å². The Hall–Kier alpha value is -1.11. The van der Waals surface area contributed by atoms with E-state index < -0.39 is 91.9 Å². The molecule has 0 heterocycles. The van der Waals surface area contributed by atoms with E-state index >= 15 is 4.39 Å². The van der Waals surface area contributed by atoms with E-state index in [1.165, 1.54) is 0 Å². The van der Waals surface area contributed by atoms with E-state index in [9.17, 15) is 74.3 Å². The highest BCUT2D eigenvalue weighted by Gasteiger charge is 2.95. The van der Waals surface area contributed by atoms with Gasteiger partial charge in [-0.2, -0.15) is 70.2 Å². The molecule has 0 radical (unpaired) electrons. The predicted molar refractivity (Wildman–Crippen MR) is 103 cm³/mol. The van der Waals surface area contributed by atoms with Crippen molar-refractivity contribution in [1.82, 2.24) is 4.39 Å². The summed E-state index contributed by atoms with van der Waals surface area (Å²) in [5.74, 6) is -50.4. The lowest BCUT2D eigenvalue weighted by Gasteiger charge is -2.44. The fourth-order valence-electron chi connectivity index (χ4n) is 2.81. The predicted octanol–water partition coefficient (Wildman–Crippen LogP) is 5.90. The standard InChI is InChI=1S/C16H21F16NO5SSi/c1-5-9(17,39(34,35)33-40(36-6-2,37-7-3)38-8-4)10(18,19)11(20,21)12(22,23)13(24,25)14(26,27)15(28,29)16(30,31)32/h33H,5-8H2,1-4H3. The molecule has 242 valence electrons. The molecule has 0 saturated carbocycles. The molecular weight excluding hydrogens is 650 g/mol. The second kappa shape index (κ2) is 11.5. The van der Waals surface area contributed by atoms with Crippen LogP contribution in [0, 0.1) is 0 Å². The van der Waals surface area contributed by atoms with Gasteiger partial charge in [0.05, 0.1) is 0 Å². The Morgan fingerprint density at radius 3 is 1.05 bits per heavy atom. The summed E-state index contributed by atoms with van der Waals surface area (Å²) >= 11 is 0. The van der Waals surface area contributed by atoms with Crippen LogP contribution >= 0.6 is 0 Å². The van der Waals surface area contributed by atoms with Crippen molar-refractivity contribution in [2.24, 2.45) is 0 Å². The number of nitrogens with one attached hydrogen (secondary N) is 1. The molecule has 0 aromatic carbocycles. The molecule has 0 fully saturated rings. The van der Waals surface area contributed by atoms with E-state index in [1.807, 2.05) is 0 Å². The van der Waals surface area contributed by atoms with Crippen molar-refractivity contribution < 1.29 is 91.9 Å². The minimum atomic E-state index is -8.72.